The van der Waals surface area contributed by atoms with Crippen molar-refractivity contribution in [2.24, 2.45) is 0 Å². The number of H-pyrrole nitrogens is 2. The van der Waals surface area contributed by atoms with Crippen molar-refractivity contribution in [1.82, 2.24) is 9.97 Å². The van der Waals surface area contributed by atoms with E-state index in [1.807, 2.05) is 13.8 Å². The lowest BCUT2D eigenvalue weighted by molar-refractivity contribution is -0.389. The second kappa shape index (κ2) is 6.20. The van der Waals surface area contributed by atoms with Crippen LogP contribution in [0.1, 0.15) is 13.8 Å². The average Bonchev–Trinajstić information content (AvgIpc) is 2.04. The van der Waals surface area contributed by atoms with Crippen molar-refractivity contribution >= 4 is 11.9 Å². The second-order valence-electron chi connectivity index (χ2n) is 2.45. The summed E-state index contributed by atoms with van der Waals surface area (Å²) in [4.78, 5) is 20.2. The van der Waals surface area contributed by atoms with Gasteiger partial charge in [-0.2, -0.15) is 0 Å². The van der Waals surface area contributed by atoms with Crippen LogP contribution in [0.15, 0.2) is 4.79 Å². The second-order valence-corrected chi connectivity index (χ2v) is 2.45. The Morgan fingerprint density at radius 1 is 1.36 bits per heavy atom. The highest BCUT2D eigenvalue weighted by Gasteiger charge is 2.06. The number of nitrogens with one attached hydrogen (secondary N) is 4. The van der Waals surface area contributed by atoms with Crippen LogP contribution in [0.2, 0.25) is 0 Å². The van der Waals surface area contributed by atoms with Gasteiger partial charge in [-0.15, -0.1) is 0 Å². The molecule has 14 heavy (non-hydrogen) atoms. The number of hydrogen-bond donors (Lipinski definition) is 3. The molecule has 0 radical (unpaired) electrons. The van der Waals surface area contributed by atoms with Crippen molar-refractivity contribution in [3.8, 4) is 0 Å². The van der Waals surface area contributed by atoms with Crippen molar-refractivity contribution in [3.05, 3.63) is 10.5 Å². The van der Waals surface area contributed by atoms with Crippen LogP contribution in [0.5, 0.6) is 0 Å². The van der Waals surface area contributed by atoms with E-state index >= 15 is 0 Å². The molecule has 1 heterocycles. The van der Waals surface area contributed by atoms with Crippen LogP contribution < -0.4 is 33.7 Å². The number of nitrogens with zero attached hydrogens (tertiary/aromatic N) is 1. The minimum atomic E-state index is -0.276. The molecule has 4 N–H and O–H groups in total. The Hall–Kier alpha value is -1.30. The highest BCUT2D eigenvalue weighted by molar-refractivity contribution is 5.28. The Bertz CT molecular complexity index is 299. The lowest BCUT2D eigenvalue weighted by Gasteiger charge is -1.97. The smallest absolute Gasteiger partial charge is 0.415 e. The zero-order valence-corrected chi connectivity index (χ0v) is 8.90. The maximum Gasteiger partial charge on any atom is 0.415 e. The van der Waals surface area contributed by atoms with Gasteiger partial charge in [0.25, 0.3) is 0 Å². The first-order valence-electron chi connectivity index (χ1n) is 4.27. The topological polar surface area (TPSA) is 83.9 Å². The summed E-state index contributed by atoms with van der Waals surface area (Å²) in [7, 11) is 0. The molecule has 0 aliphatic heterocycles. The van der Waals surface area contributed by atoms with Gasteiger partial charge >= 0.3 is 17.6 Å². The summed E-state index contributed by atoms with van der Waals surface area (Å²) in [5.41, 5.74) is -0.276. The molecule has 0 amide bonds. The maximum atomic E-state index is 11.0. The molecule has 1 rings (SSSR count). The molecule has 0 saturated carbocycles. The zero-order valence-electron chi connectivity index (χ0n) is 8.15. The van der Waals surface area contributed by atoms with Gasteiger partial charge in [0.1, 0.15) is 0 Å². The predicted molar refractivity (Wildman–Crippen MR) is 49.7 cm³/mol. The molecule has 0 aliphatic rings. The van der Waals surface area contributed by atoms with Crippen molar-refractivity contribution in [2.75, 3.05) is 23.7 Å². The third kappa shape index (κ3) is 3.61. The van der Waals surface area contributed by atoms with Gasteiger partial charge in [0, 0.05) is 13.1 Å². The fraction of sp³-hybridized carbons (Fsp3) is 0.571. The number of rotatable bonds is 4. The number of halogens is 1. The first kappa shape index (κ1) is 12.7. The third-order valence-electron chi connectivity index (χ3n) is 1.38. The summed E-state index contributed by atoms with van der Waals surface area (Å²) in [6, 6.07) is 0. The zero-order chi connectivity index (χ0) is 9.68. The molecule has 0 unspecified atom stereocenters. The summed E-state index contributed by atoms with van der Waals surface area (Å²) >= 11 is 0. The van der Waals surface area contributed by atoms with Crippen LogP contribution in [-0.4, -0.2) is 23.1 Å². The largest absolute Gasteiger partial charge is 1.00 e. The van der Waals surface area contributed by atoms with Gasteiger partial charge < -0.3 is 17.7 Å². The van der Waals surface area contributed by atoms with Crippen molar-refractivity contribution in [2.45, 2.75) is 13.8 Å². The quantitative estimate of drug-likeness (QED) is 0.490. The molecule has 0 aromatic carbocycles. The molecule has 0 atom stereocenters. The van der Waals surface area contributed by atoms with Crippen LogP contribution in [0.4, 0.5) is 11.9 Å². The summed E-state index contributed by atoms with van der Waals surface area (Å²) in [5.74, 6) is 0.949. The number of hydrogen-bond acceptors (Lipinski definition) is 4. The van der Waals surface area contributed by atoms with Crippen molar-refractivity contribution in [3.63, 3.8) is 0 Å². The highest BCUT2D eigenvalue weighted by Crippen LogP contribution is 1.94. The van der Waals surface area contributed by atoms with Crippen molar-refractivity contribution < 1.29 is 17.4 Å². The van der Waals surface area contributed by atoms with Gasteiger partial charge in [-0.05, 0) is 13.8 Å². The van der Waals surface area contributed by atoms with E-state index in [4.69, 9.17) is 0 Å². The Balaban J connectivity index is 0.00000169. The van der Waals surface area contributed by atoms with Crippen LogP contribution in [0.3, 0.4) is 0 Å². The van der Waals surface area contributed by atoms with Crippen LogP contribution in [0, 0.1) is 0 Å². The van der Waals surface area contributed by atoms with E-state index in [9.17, 15) is 4.79 Å². The lowest BCUT2D eigenvalue weighted by Crippen LogP contribution is -3.00. The monoisotopic (exact) mass is 219 g/mol. The minimum Gasteiger partial charge on any atom is -1.00 e. The lowest BCUT2D eigenvalue weighted by atomic mass is 10.7. The maximum absolute atomic E-state index is 11.0. The summed E-state index contributed by atoms with van der Waals surface area (Å²) in [6.07, 6.45) is 0. The number of aromatic amines is 2. The van der Waals surface area contributed by atoms with Gasteiger partial charge in [0.2, 0.25) is 0 Å². The summed E-state index contributed by atoms with van der Waals surface area (Å²) < 4.78 is 0. The van der Waals surface area contributed by atoms with E-state index in [0.29, 0.717) is 11.9 Å². The van der Waals surface area contributed by atoms with Gasteiger partial charge in [0.15, 0.2) is 0 Å². The first-order chi connectivity index (χ1) is 6.26. The van der Waals surface area contributed by atoms with E-state index in [0.717, 1.165) is 13.1 Å². The van der Waals surface area contributed by atoms with Gasteiger partial charge in [0.05, 0.1) is 0 Å². The molecule has 0 spiro atoms. The van der Waals surface area contributed by atoms with Crippen LogP contribution in [0.25, 0.3) is 0 Å². The minimum absolute atomic E-state index is 0. The Kier molecular flexibility index (Phi) is 5.62. The molecule has 7 heteroatoms. The highest BCUT2D eigenvalue weighted by atomic mass is 35.5. The van der Waals surface area contributed by atoms with E-state index in [-0.39, 0.29) is 18.1 Å². The fourth-order valence-corrected chi connectivity index (χ4v) is 0.916. The fourth-order valence-electron chi connectivity index (χ4n) is 0.916. The van der Waals surface area contributed by atoms with E-state index in [1.54, 1.807) is 0 Å². The van der Waals surface area contributed by atoms with Gasteiger partial charge in [-0.3, -0.25) is 5.32 Å². The third-order valence-corrected chi connectivity index (χ3v) is 1.38. The molecule has 0 saturated heterocycles. The molecule has 80 valence electrons. The van der Waals surface area contributed by atoms with Crippen LogP contribution in [-0.2, 0) is 0 Å². The predicted octanol–water partition coefficient (Wildman–Crippen LogP) is -3.55. The molecule has 0 aliphatic carbocycles. The van der Waals surface area contributed by atoms with Crippen LogP contribution >= 0.6 is 0 Å². The Morgan fingerprint density at radius 3 is 2.57 bits per heavy atom. The first-order valence-corrected chi connectivity index (χ1v) is 4.27. The molecule has 6 nitrogen and oxygen atoms in total. The number of aromatic nitrogens is 3. The van der Waals surface area contributed by atoms with Crippen molar-refractivity contribution in [1.29, 1.82) is 0 Å². The standard InChI is InChI=1S/C7H13N5O.ClH/c1-3-8-5-10-6(9-4-2)12-7(13)11-5;/h3-4H2,1-2H3,(H3,8,9,10,11,12,13);1H. The summed E-state index contributed by atoms with van der Waals surface area (Å²) in [5, 5.41) is 5.84. The Morgan fingerprint density at radius 2 is 2.00 bits per heavy atom. The molecule has 0 fully saturated rings. The normalized spacial score (nSPS) is 9.00. The molecule has 1 aromatic rings. The van der Waals surface area contributed by atoms with E-state index < -0.39 is 0 Å². The summed E-state index contributed by atoms with van der Waals surface area (Å²) in [6.45, 7) is 5.31. The average molecular weight is 220 g/mol. The Labute approximate surface area is 88.0 Å². The van der Waals surface area contributed by atoms with Gasteiger partial charge in [-0.1, -0.05) is 4.98 Å². The molecule has 0 bridgehead atoms. The SMILES string of the molecule is CCNc1nc(NCC)[nH+]c(=O)[nH]1.[Cl-]. The van der Waals surface area contributed by atoms with E-state index in [2.05, 4.69) is 25.6 Å². The molecular weight excluding hydrogens is 206 g/mol. The van der Waals surface area contributed by atoms with Gasteiger partial charge in [-0.25, -0.2) is 14.8 Å². The molecule has 1 aromatic heterocycles. The van der Waals surface area contributed by atoms with E-state index in [1.165, 1.54) is 0 Å². The molecular formula is C7H14ClN5O. The number of anilines is 2.